The number of likely N-dealkylation sites (N-methyl/N-ethyl adjacent to an activating group) is 1. The Kier molecular flexibility index (Phi) is 3.48. The number of hydrogen-bond donors (Lipinski definition) is 1. The number of carboxylic acids is 1. The third kappa shape index (κ3) is 2.34. The first kappa shape index (κ1) is 12.1. The standard InChI is InChI=1S/C14H19NO2/c1-3-15-8-12(13(9-15)14(16)17)11-7-5-4-6-10(11)2/h4-7,12-13H,3,8-9H2,1-2H3,(H,16,17). The van der Waals surface area contributed by atoms with Gasteiger partial charge in [-0.2, -0.15) is 0 Å². The fourth-order valence-electron chi connectivity index (χ4n) is 2.71. The Labute approximate surface area is 102 Å². The van der Waals surface area contributed by atoms with Crippen LogP contribution in [0.15, 0.2) is 24.3 Å². The van der Waals surface area contributed by atoms with Gasteiger partial charge in [-0.1, -0.05) is 31.2 Å². The van der Waals surface area contributed by atoms with Crippen LogP contribution in [-0.4, -0.2) is 35.6 Å². The lowest BCUT2D eigenvalue weighted by Gasteiger charge is -2.17. The molecule has 1 N–H and O–H groups in total. The predicted molar refractivity (Wildman–Crippen MR) is 67.2 cm³/mol. The molecule has 1 aromatic carbocycles. The molecule has 1 aliphatic rings. The van der Waals surface area contributed by atoms with Crippen molar-refractivity contribution in [1.82, 2.24) is 4.90 Å². The summed E-state index contributed by atoms with van der Waals surface area (Å²) in [5.74, 6) is -0.807. The Hall–Kier alpha value is -1.35. The normalized spacial score (nSPS) is 25.1. The summed E-state index contributed by atoms with van der Waals surface area (Å²) in [6.07, 6.45) is 0. The number of hydrogen-bond acceptors (Lipinski definition) is 2. The van der Waals surface area contributed by atoms with Crippen molar-refractivity contribution in [3.05, 3.63) is 35.4 Å². The van der Waals surface area contributed by atoms with Gasteiger partial charge >= 0.3 is 5.97 Å². The van der Waals surface area contributed by atoms with Crippen molar-refractivity contribution in [3.63, 3.8) is 0 Å². The summed E-state index contributed by atoms with van der Waals surface area (Å²) in [5, 5.41) is 9.32. The fourth-order valence-corrected chi connectivity index (χ4v) is 2.71. The van der Waals surface area contributed by atoms with Crippen molar-refractivity contribution in [3.8, 4) is 0 Å². The van der Waals surface area contributed by atoms with Crippen LogP contribution in [0.4, 0.5) is 0 Å². The molecule has 1 aromatic rings. The van der Waals surface area contributed by atoms with E-state index in [1.165, 1.54) is 11.1 Å². The number of carboxylic acid groups (broad SMARTS) is 1. The van der Waals surface area contributed by atoms with E-state index in [4.69, 9.17) is 0 Å². The van der Waals surface area contributed by atoms with E-state index in [2.05, 4.69) is 30.9 Å². The van der Waals surface area contributed by atoms with Crippen LogP contribution in [0.1, 0.15) is 24.0 Å². The van der Waals surface area contributed by atoms with Crippen molar-refractivity contribution in [2.45, 2.75) is 19.8 Å². The van der Waals surface area contributed by atoms with Gasteiger partial charge in [0.2, 0.25) is 0 Å². The van der Waals surface area contributed by atoms with Crippen LogP contribution < -0.4 is 0 Å². The van der Waals surface area contributed by atoms with Gasteiger partial charge in [0.1, 0.15) is 0 Å². The van der Waals surface area contributed by atoms with Gasteiger partial charge in [0.05, 0.1) is 5.92 Å². The Morgan fingerprint density at radius 1 is 1.41 bits per heavy atom. The van der Waals surface area contributed by atoms with Gasteiger partial charge in [-0.3, -0.25) is 4.79 Å². The van der Waals surface area contributed by atoms with Crippen LogP contribution in [-0.2, 0) is 4.79 Å². The first-order valence-corrected chi connectivity index (χ1v) is 6.14. The molecule has 2 atom stereocenters. The minimum absolute atomic E-state index is 0.133. The van der Waals surface area contributed by atoms with Crippen molar-refractivity contribution < 1.29 is 9.90 Å². The van der Waals surface area contributed by atoms with Gasteiger partial charge in [0.25, 0.3) is 0 Å². The van der Waals surface area contributed by atoms with E-state index in [0.29, 0.717) is 6.54 Å². The van der Waals surface area contributed by atoms with Crippen LogP contribution in [0, 0.1) is 12.8 Å². The van der Waals surface area contributed by atoms with Gasteiger partial charge < -0.3 is 10.0 Å². The third-order valence-corrected chi connectivity index (χ3v) is 3.75. The van der Waals surface area contributed by atoms with Crippen molar-refractivity contribution >= 4 is 5.97 Å². The Balaban J connectivity index is 2.30. The summed E-state index contributed by atoms with van der Waals surface area (Å²) in [7, 11) is 0. The SMILES string of the molecule is CCN1CC(C(=O)O)C(c2ccccc2C)C1. The molecule has 1 saturated heterocycles. The molecule has 0 saturated carbocycles. The molecule has 2 unspecified atom stereocenters. The molecule has 0 spiro atoms. The van der Waals surface area contributed by atoms with Gasteiger partial charge in [0.15, 0.2) is 0 Å². The lowest BCUT2D eigenvalue weighted by molar-refractivity contribution is -0.141. The molecule has 0 aromatic heterocycles. The van der Waals surface area contributed by atoms with E-state index in [-0.39, 0.29) is 11.8 Å². The smallest absolute Gasteiger partial charge is 0.308 e. The zero-order chi connectivity index (χ0) is 12.4. The Bertz CT molecular complexity index is 416. The number of benzene rings is 1. The molecule has 0 amide bonds. The number of aryl methyl sites for hydroxylation is 1. The van der Waals surface area contributed by atoms with E-state index in [1.54, 1.807) is 0 Å². The highest BCUT2D eigenvalue weighted by Gasteiger charge is 2.38. The lowest BCUT2D eigenvalue weighted by atomic mass is 9.86. The maximum Gasteiger partial charge on any atom is 0.308 e. The second-order valence-electron chi connectivity index (χ2n) is 4.76. The Morgan fingerprint density at radius 2 is 2.12 bits per heavy atom. The first-order valence-electron chi connectivity index (χ1n) is 6.14. The second kappa shape index (κ2) is 4.88. The largest absolute Gasteiger partial charge is 0.481 e. The lowest BCUT2D eigenvalue weighted by Crippen LogP contribution is -2.23. The van der Waals surface area contributed by atoms with Crippen LogP contribution >= 0.6 is 0 Å². The molecular weight excluding hydrogens is 214 g/mol. The average Bonchev–Trinajstić information content (AvgIpc) is 2.73. The van der Waals surface area contributed by atoms with Crippen molar-refractivity contribution in [2.24, 2.45) is 5.92 Å². The fraction of sp³-hybridized carbons (Fsp3) is 0.500. The van der Waals surface area contributed by atoms with Gasteiger partial charge in [-0.15, -0.1) is 0 Å². The third-order valence-electron chi connectivity index (χ3n) is 3.75. The quantitative estimate of drug-likeness (QED) is 0.869. The molecule has 1 heterocycles. The first-order chi connectivity index (χ1) is 8.13. The minimum Gasteiger partial charge on any atom is -0.481 e. The molecule has 1 aliphatic heterocycles. The van der Waals surface area contributed by atoms with E-state index in [9.17, 15) is 9.90 Å². The predicted octanol–water partition coefficient (Wildman–Crippen LogP) is 2.11. The number of nitrogens with zero attached hydrogens (tertiary/aromatic N) is 1. The molecule has 1 fully saturated rings. The van der Waals surface area contributed by atoms with Gasteiger partial charge in [-0.25, -0.2) is 0 Å². The number of aliphatic carboxylic acids is 1. The molecule has 0 aliphatic carbocycles. The number of rotatable bonds is 3. The van der Waals surface area contributed by atoms with Crippen LogP contribution in [0.3, 0.4) is 0 Å². The zero-order valence-electron chi connectivity index (χ0n) is 10.4. The molecule has 3 heteroatoms. The molecule has 3 nitrogen and oxygen atoms in total. The van der Waals surface area contributed by atoms with Crippen LogP contribution in [0.2, 0.25) is 0 Å². The molecule has 17 heavy (non-hydrogen) atoms. The summed E-state index contributed by atoms with van der Waals surface area (Å²) in [6.45, 7) is 6.59. The van der Waals surface area contributed by atoms with E-state index < -0.39 is 5.97 Å². The molecule has 0 radical (unpaired) electrons. The highest BCUT2D eigenvalue weighted by molar-refractivity contribution is 5.72. The summed E-state index contributed by atoms with van der Waals surface area (Å²) >= 11 is 0. The number of carbonyl (C=O) groups is 1. The van der Waals surface area contributed by atoms with Gasteiger partial charge in [-0.05, 0) is 24.6 Å². The minimum atomic E-state index is -0.672. The van der Waals surface area contributed by atoms with Crippen LogP contribution in [0.5, 0.6) is 0 Å². The molecular formula is C14H19NO2. The monoisotopic (exact) mass is 233 g/mol. The molecule has 0 bridgehead atoms. The van der Waals surface area contributed by atoms with Crippen molar-refractivity contribution in [2.75, 3.05) is 19.6 Å². The van der Waals surface area contributed by atoms with Crippen LogP contribution in [0.25, 0.3) is 0 Å². The summed E-state index contributed by atoms with van der Waals surface area (Å²) in [6, 6.07) is 8.12. The van der Waals surface area contributed by atoms with Crippen molar-refractivity contribution in [1.29, 1.82) is 0 Å². The van der Waals surface area contributed by atoms with Gasteiger partial charge in [0, 0.05) is 19.0 Å². The highest BCUT2D eigenvalue weighted by Crippen LogP contribution is 2.34. The zero-order valence-corrected chi connectivity index (χ0v) is 10.4. The van der Waals surface area contributed by atoms with E-state index in [0.717, 1.165) is 13.1 Å². The second-order valence-corrected chi connectivity index (χ2v) is 4.76. The average molecular weight is 233 g/mol. The summed E-state index contributed by atoms with van der Waals surface area (Å²) < 4.78 is 0. The summed E-state index contributed by atoms with van der Waals surface area (Å²) in [4.78, 5) is 13.5. The Morgan fingerprint density at radius 3 is 2.71 bits per heavy atom. The maximum absolute atomic E-state index is 11.3. The number of likely N-dealkylation sites (tertiary alicyclic amines) is 1. The highest BCUT2D eigenvalue weighted by atomic mass is 16.4. The topological polar surface area (TPSA) is 40.5 Å². The molecule has 2 rings (SSSR count). The molecule has 92 valence electrons. The van der Waals surface area contributed by atoms with E-state index in [1.807, 2.05) is 12.1 Å². The van der Waals surface area contributed by atoms with E-state index >= 15 is 0 Å². The summed E-state index contributed by atoms with van der Waals surface area (Å²) in [5.41, 5.74) is 2.39. The maximum atomic E-state index is 11.3.